The Hall–Kier alpha value is -2.61. The van der Waals surface area contributed by atoms with Gasteiger partial charge in [-0.2, -0.15) is 0 Å². The Labute approximate surface area is 158 Å². The molecule has 7 nitrogen and oxygen atoms in total. The largest absolute Gasteiger partial charge is 0.380 e. The summed E-state index contributed by atoms with van der Waals surface area (Å²) < 4.78 is 25.6. The van der Waals surface area contributed by atoms with Gasteiger partial charge in [0, 0.05) is 31.3 Å². The molecule has 0 atom stereocenters. The van der Waals surface area contributed by atoms with Gasteiger partial charge in [0.2, 0.25) is 5.78 Å². The minimum absolute atomic E-state index is 0.114. The Balaban J connectivity index is 2.17. The molecule has 0 amide bonds. The molecule has 0 saturated heterocycles. The van der Waals surface area contributed by atoms with Gasteiger partial charge in [-0.1, -0.05) is 6.08 Å². The number of rotatable bonds is 7. The summed E-state index contributed by atoms with van der Waals surface area (Å²) >= 11 is 0. The van der Waals surface area contributed by atoms with Gasteiger partial charge in [-0.25, -0.2) is 8.42 Å². The van der Waals surface area contributed by atoms with E-state index in [0.29, 0.717) is 29.1 Å². The van der Waals surface area contributed by atoms with Crippen LogP contribution in [0.4, 0.5) is 5.69 Å². The van der Waals surface area contributed by atoms with Crippen molar-refractivity contribution in [3.8, 4) is 0 Å². The molecule has 1 aliphatic carbocycles. The van der Waals surface area contributed by atoms with Gasteiger partial charge in [-0.05, 0) is 37.5 Å². The number of H-pyrrole nitrogens is 1. The second-order valence-corrected chi connectivity index (χ2v) is 8.91. The molecule has 1 fully saturated rings. The van der Waals surface area contributed by atoms with Crippen LogP contribution in [0.25, 0.3) is 0 Å². The maximum absolute atomic E-state index is 13.2. The number of aromatic amines is 1. The number of nitrogens with zero attached hydrogens (tertiary/aromatic N) is 1. The zero-order valence-electron chi connectivity index (χ0n) is 15.6. The number of anilines is 1. The zero-order chi connectivity index (χ0) is 19.9. The SMILES string of the molecule is C=CCNc1c(S(C)(=O)=O)ccc(C(=O)c2c(C3CC3)[nH]n(C)c2=O)c1C. The van der Waals surface area contributed by atoms with Crippen molar-refractivity contribution in [3.63, 3.8) is 0 Å². The third-order valence-corrected chi connectivity index (χ3v) is 5.92. The van der Waals surface area contributed by atoms with E-state index in [-0.39, 0.29) is 21.9 Å². The molecule has 2 aromatic rings. The maximum atomic E-state index is 13.2. The summed E-state index contributed by atoms with van der Waals surface area (Å²) in [6.45, 7) is 5.66. The van der Waals surface area contributed by atoms with Crippen molar-refractivity contribution in [1.29, 1.82) is 0 Å². The average Bonchev–Trinajstić information content (AvgIpc) is 3.39. The molecule has 27 heavy (non-hydrogen) atoms. The van der Waals surface area contributed by atoms with Crippen molar-refractivity contribution < 1.29 is 13.2 Å². The molecule has 1 saturated carbocycles. The third kappa shape index (κ3) is 3.49. The highest BCUT2D eigenvalue weighted by Gasteiger charge is 2.33. The fourth-order valence-electron chi connectivity index (χ4n) is 3.23. The van der Waals surface area contributed by atoms with E-state index in [2.05, 4.69) is 17.0 Å². The normalized spacial score (nSPS) is 14.2. The summed E-state index contributed by atoms with van der Waals surface area (Å²) in [6.07, 6.45) is 4.61. The lowest BCUT2D eigenvalue weighted by Gasteiger charge is -2.16. The van der Waals surface area contributed by atoms with Gasteiger partial charge in [0.25, 0.3) is 5.56 Å². The van der Waals surface area contributed by atoms with Crippen LogP contribution < -0.4 is 10.9 Å². The van der Waals surface area contributed by atoms with E-state index in [0.717, 1.165) is 19.1 Å². The molecule has 1 heterocycles. The number of ketones is 1. The number of hydrogen-bond acceptors (Lipinski definition) is 5. The van der Waals surface area contributed by atoms with Gasteiger partial charge in [0.15, 0.2) is 9.84 Å². The molecule has 1 aliphatic rings. The van der Waals surface area contributed by atoms with E-state index >= 15 is 0 Å². The quantitative estimate of drug-likeness (QED) is 0.558. The Kier molecular flexibility index (Phi) is 4.86. The first-order valence-electron chi connectivity index (χ1n) is 8.68. The number of hydrogen-bond donors (Lipinski definition) is 2. The molecule has 0 aliphatic heterocycles. The van der Waals surface area contributed by atoms with Crippen LogP contribution in [0, 0.1) is 6.92 Å². The van der Waals surface area contributed by atoms with E-state index in [1.165, 1.54) is 16.8 Å². The highest BCUT2D eigenvalue weighted by Crippen LogP contribution is 2.40. The standard InChI is InChI=1S/C19H23N3O4S/c1-5-10-20-16-11(2)13(8-9-14(16)27(4,25)26)18(23)15-17(12-6-7-12)21-22(3)19(15)24/h5,8-9,12,20-21H,1,6-7,10H2,2-4H3. The zero-order valence-corrected chi connectivity index (χ0v) is 16.4. The van der Waals surface area contributed by atoms with Crippen molar-refractivity contribution >= 4 is 21.3 Å². The minimum Gasteiger partial charge on any atom is -0.380 e. The van der Waals surface area contributed by atoms with E-state index in [1.54, 1.807) is 20.0 Å². The van der Waals surface area contributed by atoms with Crippen molar-refractivity contribution in [1.82, 2.24) is 9.78 Å². The first-order chi connectivity index (χ1) is 12.7. The van der Waals surface area contributed by atoms with Crippen LogP contribution in [0.5, 0.6) is 0 Å². The van der Waals surface area contributed by atoms with Crippen LogP contribution in [0.2, 0.25) is 0 Å². The molecular formula is C19H23N3O4S. The Morgan fingerprint density at radius 1 is 1.41 bits per heavy atom. The van der Waals surface area contributed by atoms with Crippen molar-refractivity contribution in [2.45, 2.75) is 30.6 Å². The fraction of sp³-hybridized carbons (Fsp3) is 0.368. The van der Waals surface area contributed by atoms with Gasteiger partial charge in [-0.15, -0.1) is 6.58 Å². The van der Waals surface area contributed by atoms with Crippen molar-refractivity contribution in [2.75, 3.05) is 18.1 Å². The first-order valence-corrected chi connectivity index (χ1v) is 10.6. The average molecular weight is 389 g/mol. The number of nitrogens with one attached hydrogen (secondary N) is 2. The number of aryl methyl sites for hydroxylation is 1. The van der Waals surface area contributed by atoms with Gasteiger partial charge < -0.3 is 5.32 Å². The highest BCUT2D eigenvalue weighted by atomic mass is 32.2. The van der Waals surface area contributed by atoms with Crippen LogP contribution in [-0.4, -0.2) is 36.8 Å². The molecule has 3 rings (SSSR count). The summed E-state index contributed by atoms with van der Waals surface area (Å²) in [7, 11) is -1.90. The number of sulfone groups is 1. The second-order valence-electron chi connectivity index (χ2n) is 6.92. The van der Waals surface area contributed by atoms with Crippen molar-refractivity contribution in [3.05, 3.63) is 57.5 Å². The molecule has 1 aromatic heterocycles. The lowest BCUT2D eigenvalue weighted by atomic mass is 9.97. The number of carbonyl (C=O) groups excluding carboxylic acids is 1. The number of benzene rings is 1. The minimum atomic E-state index is -3.49. The smallest absolute Gasteiger partial charge is 0.277 e. The number of aromatic nitrogens is 2. The molecule has 0 radical (unpaired) electrons. The van der Waals surface area contributed by atoms with E-state index in [1.807, 2.05) is 0 Å². The summed E-state index contributed by atoms with van der Waals surface area (Å²) in [4.78, 5) is 25.8. The van der Waals surface area contributed by atoms with Gasteiger partial charge >= 0.3 is 0 Å². The van der Waals surface area contributed by atoms with Gasteiger partial charge in [-0.3, -0.25) is 19.4 Å². The third-order valence-electron chi connectivity index (χ3n) is 4.78. The number of carbonyl (C=O) groups is 1. The molecular weight excluding hydrogens is 366 g/mol. The molecule has 2 N–H and O–H groups in total. The van der Waals surface area contributed by atoms with Crippen LogP contribution in [0.3, 0.4) is 0 Å². The Morgan fingerprint density at radius 3 is 2.63 bits per heavy atom. The summed E-state index contributed by atoms with van der Waals surface area (Å²) in [5.41, 5.74) is 1.62. The molecule has 0 unspecified atom stereocenters. The molecule has 0 spiro atoms. The summed E-state index contributed by atoms with van der Waals surface area (Å²) in [5, 5.41) is 6.00. The second kappa shape index (κ2) is 6.84. The van der Waals surface area contributed by atoms with E-state index in [4.69, 9.17) is 0 Å². The summed E-state index contributed by atoms with van der Waals surface area (Å²) in [6, 6.07) is 2.89. The highest BCUT2D eigenvalue weighted by molar-refractivity contribution is 7.90. The summed E-state index contributed by atoms with van der Waals surface area (Å²) in [5.74, 6) is -0.190. The van der Waals surface area contributed by atoms with E-state index < -0.39 is 15.6 Å². The predicted molar refractivity (Wildman–Crippen MR) is 104 cm³/mol. The van der Waals surface area contributed by atoms with Crippen LogP contribution >= 0.6 is 0 Å². The molecule has 8 heteroatoms. The Bertz CT molecular complexity index is 1090. The molecule has 1 aromatic carbocycles. The molecule has 144 valence electrons. The van der Waals surface area contributed by atoms with E-state index in [9.17, 15) is 18.0 Å². The van der Waals surface area contributed by atoms with Crippen LogP contribution in [-0.2, 0) is 16.9 Å². The van der Waals surface area contributed by atoms with Crippen molar-refractivity contribution in [2.24, 2.45) is 7.05 Å². The predicted octanol–water partition coefficient (Wildman–Crippen LogP) is 2.13. The molecule has 0 bridgehead atoms. The van der Waals surface area contributed by atoms with Gasteiger partial charge in [0.1, 0.15) is 5.56 Å². The topological polar surface area (TPSA) is 101 Å². The lowest BCUT2D eigenvalue weighted by Crippen LogP contribution is -2.21. The monoisotopic (exact) mass is 389 g/mol. The lowest BCUT2D eigenvalue weighted by molar-refractivity contribution is 0.103. The van der Waals surface area contributed by atoms with Crippen LogP contribution in [0.1, 0.15) is 45.9 Å². The van der Waals surface area contributed by atoms with Crippen LogP contribution in [0.15, 0.2) is 34.5 Å². The maximum Gasteiger partial charge on any atom is 0.277 e. The first kappa shape index (κ1) is 19.2. The Morgan fingerprint density at radius 2 is 2.07 bits per heavy atom. The fourth-order valence-corrected chi connectivity index (χ4v) is 4.14. The van der Waals surface area contributed by atoms with Gasteiger partial charge in [0.05, 0.1) is 16.3 Å².